The molecule has 0 radical (unpaired) electrons. The van der Waals surface area contributed by atoms with Crippen LogP contribution in [0.5, 0.6) is 5.75 Å². The van der Waals surface area contributed by atoms with Crippen LogP contribution in [-0.4, -0.2) is 31.0 Å². The molecule has 4 nitrogen and oxygen atoms in total. The second-order valence-corrected chi connectivity index (χ2v) is 5.58. The number of ether oxygens (including phenoxy) is 1. The summed E-state index contributed by atoms with van der Waals surface area (Å²) in [5.74, 6) is 0.651. The molecule has 0 saturated heterocycles. The minimum Gasteiger partial charge on any atom is -0.497 e. The van der Waals surface area contributed by atoms with Crippen molar-refractivity contribution in [2.75, 3.05) is 25.5 Å². The van der Waals surface area contributed by atoms with Gasteiger partial charge in [0, 0.05) is 23.3 Å². The van der Waals surface area contributed by atoms with Gasteiger partial charge in [0.1, 0.15) is 5.75 Å². The topological polar surface area (TPSA) is 41.6 Å². The van der Waals surface area contributed by atoms with Crippen molar-refractivity contribution in [2.24, 2.45) is 0 Å². The van der Waals surface area contributed by atoms with Crippen LogP contribution in [0.25, 0.3) is 0 Å². The SMILES string of the molecule is CCN(CC(=O)Nc1cccc(OC)c1)Cc1ccccc1Cl. The van der Waals surface area contributed by atoms with Crippen molar-refractivity contribution in [1.29, 1.82) is 0 Å². The van der Waals surface area contributed by atoms with Gasteiger partial charge < -0.3 is 10.1 Å². The molecule has 0 fully saturated rings. The number of amides is 1. The van der Waals surface area contributed by atoms with Gasteiger partial charge in [0.05, 0.1) is 13.7 Å². The first-order valence-corrected chi connectivity index (χ1v) is 7.90. The molecular formula is C18H21ClN2O2. The molecule has 0 atom stereocenters. The average Bonchev–Trinajstić information content (AvgIpc) is 2.56. The number of methoxy groups -OCH3 is 1. The highest BCUT2D eigenvalue weighted by Gasteiger charge is 2.11. The lowest BCUT2D eigenvalue weighted by Gasteiger charge is -2.20. The van der Waals surface area contributed by atoms with Crippen molar-refractivity contribution >= 4 is 23.2 Å². The molecule has 0 bridgehead atoms. The van der Waals surface area contributed by atoms with Crippen LogP contribution >= 0.6 is 11.6 Å². The molecule has 0 aliphatic rings. The highest BCUT2D eigenvalue weighted by atomic mass is 35.5. The van der Waals surface area contributed by atoms with Crippen LogP contribution in [-0.2, 0) is 11.3 Å². The number of nitrogens with one attached hydrogen (secondary N) is 1. The number of carbonyl (C=O) groups excluding carboxylic acids is 1. The molecule has 5 heteroatoms. The van der Waals surface area contributed by atoms with Crippen LogP contribution in [0.1, 0.15) is 12.5 Å². The summed E-state index contributed by atoms with van der Waals surface area (Å²) in [5, 5.41) is 3.61. The number of hydrogen-bond donors (Lipinski definition) is 1. The van der Waals surface area contributed by atoms with E-state index in [1.807, 2.05) is 54.3 Å². The maximum absolute atomic E-state index is 12.2. The fraction of sp³-hybridized carbons (Fsp3) is 0.278. The van der Waals surface area contributed by atoms with E-state index in [1.54, 1.807) is 13.2 Å². The van der Waals surface area contributed by atoms with Crippen LogP contribution in [0.3, 0.4) is 0 Å². The quantitative estimate of drug-likeness (QED) is 0.838. The average molecular weight is 333 g/mol. The number of halogens is 1. The molecule has 0 unspecified atom stereocenters. The fourth-order valence-corrected chi connectivity index (χ4v) is 2.45. The summed E-state index contributed by atoms with van der Waals surface area (Å²) in [4.78, 5) is 14.3. The second-order valence-electron chi connectivity index (χ2n) is 5.17. The van der Waals surface area contributed by atoms with Crippen molar-refractivity contribution in [1.82, 2.24) is 4.90 Å². The standard InChI is InChI=1S/C18H21ClN2O2/c1-3-21(12-14-7-4-5-10-17(14)19)13-18(22)20-15-8-6-9-16(11-15)23-2/h4-11H,3,12-13H2,1-2H3,(H,20,22). The maximum atomic E-state index is 12.2. The molecule has 0 heterocycles. The third-order valence-electron chi connectivity index (χ3n) is 3.52. The van der Waals surface area contributed by atoms with Gasteiger partial charge >= 0.3 is 0 Å². The summed E-state index contributed by atoms with van der Waals surface area (Å²) >= 11 is 6.18. The minimum atomic E-state index is -0.0628. The maximum Gasteiger partial charge on any atom is 0.238 e. The van der Waals surface area contributed by atoms with Crippen molar-refractivity contribution in [2.45, 2.75) is 13.5 Å². The molecule has 122 valence electrons. The van der Waals surface area contributed by atoms with Gasteiger partial charge in [-0.2, -0.15) is 0 Å². The minimum absolute atomic E-state index is 0.0628. The van der Waals surface area contributed by atoms with E-state index in [-0.39, 0.29) is 5.91 Å². The van der Waals surface area contributed by atoms with Crippen molar-refractivity contribution in [3.05, 3.63) is 59.1 Å². The van der Waals surface area contributed by atoms with E-state index in [1.165, 1.54) is 0 Å². The number of carbonyl (C=O) groups is 1. The van der Waals surface area contributed by atoms with Gasteiger partial charge in [0.15, 0.2) is 0 Å². The Morgan fingerprint density at radius 3 is 2.70 bits per heavy atom. The molecule has 2 aromatic carbocycles. The van der Waals surface area contributed by atoms with Gasteiger partial charge in [-0.15, -0.1) is 0 Å². The van der Waals surface area contributed by atoms with E-state index in [9.17, 15) is 4.79 Å². The third kappa shape index (κ3) is 5.27. The number of rotatable bonds is 7. The smallest absolute Gasteiger partial charge is 0.238 e. The Kier molecular flexibility index (Phi) is 6.44. The predicted molar refractivity (Wildman–Crippen MR) is 94.0 cm³/mol. The Balaban J connectivity index is 1.95. The first kappa shape index (κ1) is 17.3. The van der Waals surface area contributed by atoms with Crippen molar-refractivity contribution in [3.63, 3.8) is 0 Å². The summed E-state index contributed by atoms with van der Waals surface area (Å²) in [7, 11) is 1.60. The molecule has 0 aromatic heterocycles. The van der Waals surface area contributed by atoms with Gasteiger partial charge in [-0.1, -0.05) is 42.8 Å². The number of nitrogens with zero attached hydrogens (tertiary/aromatic N) is 1. The number of likely N-dealkylation sites (N-methyl/N-ethyl adjacent to an activating group) is 1. The largest absolute Gasteiger partial charge is 0.497 e. The predicted octanol–water partition coefficient (Wildman–Crippen LogP) is 3.81. The van der Waals surface area contributed by atoms with Gasteiger partial charge in [0.25, 0.3) is 0 Å². The van der Waals surface area contributed by atoms with Crippen molar-refractivity contribution < 1.29 is 9.53 Å². The van der Waals surface area contributed by atoms with E-state index >= 15 is 0 Å². The molecule has 0 saturated carbocycles. The highest BCUT2D eigenvalue weighted by molar-refractivity contribution is 6.31. The van der Waals surface area contributed by atoms with Crippen LogP contribution in [0.2, 0.25) is 5.02 Å². The van der Waals surface area contributed by atoms with Gasteiger partial charge in [-0.25, -0.2) is 0 Å². The summed E-state index contributed by atoms with van der Waals surface area (Å²) in [5.41, 5.74) is 1.74. The Bertz CT molecular complexity index is 661. The Hall–Kier alpha value is -2.04. The number of hydrogen-bond acceptors (Lipinski definition) is 3. The lowest BCUT2D eigenvalue weighted by molar-refractivity contribution is -0.117. The molecule has 0 aliphatic heterocycles. The van der Waals surface area contributed by atoms with E-state index in [0.717, 1.165) is 22.8 Å². The van der Waals surface area contributed by atoms with E-state index in [4.69, 9.17) is 16.3 Å². The van der Waals surface area contributed by atoms with Crippen molar-refractivity contribution in [3.8, 4) is 5.75 Å². The van der Waals surface area contributed by atoms with E-state index in [2.05, 4.69) is 5.32 Å². The first-order valence-electron chi connectivity index (χ1n) is 7.52. The number of benzene rings is 2. The molecule has 1 amide bonds. The van der Waals surface area contributed by atoms with Gasteiger partial charge in [-0.3, -0.25) is 9.69 Å². The second kappa shape index (κ2) is 8.56. The summed E-state index contributed by atoms with van der Waals surface area (Å²) < 4.78 is 5.15. The lowest BCUT2D eigenvalue weighted by atomic mass is 10.2. The zero-order chi connectivity index (χ0) is 16.7. The highest BCUT2D eigenvalue weighted by Crippen LogP contribution is 2.18. The monoisotopic (exact) mass is 332 g/mol. The third-order valence-corrected chi connectivity index (χ3v) is 3.89. The molecule has 0 spiro atoms. The van der Waals surface area contributed by atoms with Crippen LogP contribution < -0.4 is 10.1 Å². The molecular weight excluding hydrogens is 312 g/mol. The van der Waals surface area contributed by atoms with Gasteiger partial charge in [0.2, 0.25) is 5.91 Å². The van der Waals surface area contributed by atoms with Crippen LogP contribution in [0, 0.1) is 0 Å². The summed E-state index contributed by atoms with van der Waals surface area (Å²) in [6.45, 7) is 3.73. The normalized spacial score (nSPS) is 10.6. The first-order chi connectivity index (χ1) is 11.1. The molecule has 0 aliphatic carbocycles. The lowest BCUT2D eigenvalue weighted by Crippen LogP contribution is -2.32. The zero-order valence-electron chi connectivity index (χ0n) is 13.4. The fourth-order valence-electron chi connectivity index (χ4n) is 2.25. The molecule has 2 rings (SSSR count). The van der Waals surface area contributed by atoms with E-state index < -0.39 is 0 Å². The van der Waals surface area contributed by atoms with Crippen LogP contribution in [0.4, 0.5) is 5.69 Å². The van der Waals surface area contributed by atoms with E-state index in [0.29, 0.717) is 18.8 Å². The summed E-state index contributed by atoms with van der Waals surface area (Å²) in [6.07, 6.45) is 0. The zero-order valence-corrected chi connectivity index (χ0v) is 14.1. The van der Waals surface area contributed by atoms with Crippen LogP contribution in [0.15, 0.2) is 48.5 Å². The number of anilines is 1. The Morgan fingerprint density at radius 1 is 1.22 bits per heavy atom. The Morgan fingerprint density at radius 2 is 2.00 bits per heavy atom. The van der Waals surface area contributed by atoms with Gasteiger partial charge in [-0.05, 0) is 30.3 Å². The molecule has 2 aromatic rings. The summed E-state index contributed by atoms with van der Waals surface area (Å²) in [6, 6.07) is 15.0. The molecule has 23 heavy (non-hydrogen) atoms. The molecule has 1 N–H and O–H groups in total. The Labute approximate surface area is 142 Å².